The Kier molecular flexibility index (Phi) is 4.81. The summed E-state index contributed by atoms with van der Waals surface area (Å²) in [6.45, 7) is 8.84. The van der Waals surface area contributed by atoms with Crippen LogP contribution in [0.1, 0.15) is 26.3 Å². The molecule has 0 unspecified atom stereocenters. The van der Waals surface area contributed by atoms with Crippen molar-refractivity contribution in [1.29, 1.82) is 0 Å². The monoisotopic (exact) mass is 306 g/mol. The molecule has 1 aromatic rings. The van der Waals surface area contributed by atoms with Gasteiger partial charge in [0.05, 0.1) is 11.4 Å². The highest BCUT2D eigenvalue weighted by Gasteiger charge is 2.26. The van der Waals surface area contributed by atoms with Gasteiger partial charge in [-0.2, -0.15) is 0 Å². The molecule has 0 spiro atoms. The largest absolute Gasteiger partial charge is 0.444 e. The van der Waals surface area contributed by atoms with Crippen molar-refractivity contribution in [3.63, 3.8) is 0 Å². The van der Waals surface area contributed by atoms with Crippen molar-refractivity contribution in [3.8, 4) is 0 Å². The molecule has 0 bridgehead atoms. The Bertz CT molecular complexity index is 531. The van der Waals surface area contributed by atoms with Crippen LogP contribution in [0.15, 0.2) is 18.2 Å². The number of rotatable bonds is 2. The van der Waals surface area contributed by atoms with Gasteiger partial charge >= 0.3 is 6.09 Å². The molecule has 0 aliphatic carbocycles. The summed E-state index contributed by atoms with van der Waals surface area (Å²) in [6, 6.07) is 5.85. The number of amides is 1. The molecule has 1 fully saturated rings. The molecule has 22 heavy (non-hydrogen) atoms. The summed E-state index contributed by atoms with van der Waals surface area (Å²) >= 11 is 0. The molecule has 4 N–H and O–H groups in total. The normalized spacial score (nSPS) is 15.8. The molecule has 122 valence electrons. The van der Waals surface area contributed by atoms with Gasteiger partial charge in [-0.05, 0) is 38.5 Å². The fourth-order valence-corrected chi connectivity index (χ4v) is 2.45. The molecular weight excluding hydrogens is 280 g/mol. The second kappa shape index (κ2) is 6.44. The van der Waals surface area contributed by atoms with E-state index in [0.717, 1.165) is 30.0 Å². The van der Waals surface area contributed by atoms with Gasteiger partial charge in [0.2, 0.25) is 0 Å². The van der Waals surface area contributed by atoms with E-state index in [1.165, 1.54) is 0 Å². The third-order valence-electron chi connectivity index (χ3n) is 3.60. The summed E-state index contributed by atoms with van der Waals surface area (Å²) in [5.41, 5.74) is 14.1. The van der Waals surface area contributed by atoms with Crippen LogP contribution in [0.25, 0.3) is 0 Å². The Morgan fingerprint density at radius 2 is 1.86 bits per heavy atom. The summed E-state index contributed by atoms with van der Waals surface area (Å²) in [6.07, 6.45) is -0.254. The van der Waals surface area contributed by atoms with Gasteiger partial charge in [0.15, 0.2) is 0 Å². The van der Waals surface area contributed by atoms with Gasteiger partial charge in [0, 0.05) is 32.7 Å². The standard InChI is InChI=1S/C16H26N4O2/c1-16(2,3)22-15(21)20-8-6-19(7-9-20)14-10-12(11-17)4-5-13(14)18/h4-5,10H,6-9,11,17-18H2,1-3H3. The zero-order valence-electron chi connectivity index (χ0n) is 13.6. The van der Waals surface area contributed by atoms with Crippen LogP contribution in [-0.2, 0) is 11.3 Å². The van der Waals surface area contributed by atoms with Gasteiger partial charge in [-0.3, -0.25) is 0 Å². The number of carbonyl (C=O) groups is 1. The highest BCUT2D eigenvalue weighted by molar-refractivity contribution is 5.71. The van der Waals surface area contributed by atoms with Crippen molar-refractivity contribution >= 4 is 17.5 Å². The molecule has 0 atom stereocenters. The van der Waals surface area contributed by atoms with Gasteiger partial charge < -0.3 is 26.0 Å². The molecule has 0 radical (unpaired) electrons. The van der Waals surface area contributed by atoms with Gasteiger partial charge in [0.25, 0.3) is 0 Å². The van der Waals surface area contributed by atoms with Crippen LogP contribution < -0.4 is 16.4 Å². The summed E-state index contributed by atoms with van der Waals surface area (Å²) in [7, 11) is 0. The molecule has 2 rings (SSSR count). The van der Waals surface area contributed by atoms with E-state index in [4.69, 9.17) is 16.2 Å². The predicted octanol–water partition coefficient (Wildman–Crippen LogP) is 1.78. The Morgan fingerprint density at radius 3 is 2.41 bits per heavy atom. The van der Waals surface area contributed by atoms with Crippen LogP contribution in [0.3, 0.4) is 0 Å². The van der Waals surface area contributed by atoms with E-state index >= 15 is 0 Å². The van der Waals surface area contributed by atoms with Crippen molar-refractivity contribution in [3.05, 3.63) is 23.8 Å². The van der Waals surface area contributed by atoms with E-state index in [0.29, 0.717) is 19.6 Å². The minimum atomic E-state index is -0.464. The Hall–Kier alpha value is -1.95. The van der Waals surface area contributed by atoms with Crippen molar-refractivity contribution in [1.82, 2.24) is 4.90 Å². The number of anilines is 2. The maximum atomic E-state index is 12.1. The number of nitrogen functional groups attached to an aromatic ring is 1. The van der Waals surface area contributed by atoms with E-state index in [9.17, 15) is 4.79 Å². The van der Waals surface area contributed by atoms with E-state index in [1.807, 2.05) is 39.0 Å². The van der Waals surface area contributed by atoms with Gasteiger partial charge in [-0.15, -0.1) is 0 Å². The van der Waals surface area contributed by atoms with Crippen LogP contribution in [0.2, 0.25) is 0 Å². The molecule has 1 aliphatic rings. The number of nitrogens with zero attached hydrogens (tertiary/aromatic N) is 2. The van der Waals surface area contributed by atoms with Crippen molar-refractivity contribution in [2.24, 2.45) is 5.73 Å². The molecule has 1 saturated heterocycles. The van der Waals surface area contributed by atoms with Crippen LogP contribution in [-0.4, -0.2) is 42.8 Å². The lowest BCUT2D eigenvalue weighted by Gasteiger charge is -2.37. The zero-order valence-corrected chi connectivity index (χ0v) is 13.6. The molecule has 1 heterocycles. The average molecular weight is 306 g/mol. The third-order valence-corrected chi connectivity index (χ3v) is 3.60. The van der Waals surface area contributed by atoms with Crippen LogP contribution >= 0.6 is 0 Å². The second-order valence-corrected chi connectivity index (χ2v) is 6.55. The number of benzene rings is 1. The predicted molar refractivity (Wildman–Crippen MR) is 88.8 cm³/mol. The fraction of sp³-hybridized carbons (Fsp3) is 0.562. The molecule has 1 amide bonds. The number of carbonyl (C=O) groups excluding carboxylic acids is 1. The van der Waals surface area contributed by atoms with Gasteiger partial charge in [-0.1, -0.05) is 6.07 Å². The van der Waals surface area contributed by atoms with E-state index in [2.05, 4.69) is 4.90 Å². The maximum Gasteiger partial charge on any atom is 0.410 e. The number of nitrogens with two attached hydrogens (primary N) is 2. The highest BCUT2D eigenvalue weighted by atomic mass is 16.6. The molecule has 0 saturated carbocycles. The Labute approximate surface area is 132 Å². The highest BCUT2D eigenvalue weighted by Crippen LogP contribution is 2.26. The van der Waals surface area contributed by atoms with Crippen LogP contribution in [0, 0.1) is 0 Å². The smallest absolute Gasteiger partial charge is 0.410 e. The van der Waals surface area contributed by atoms with Crippen LogP contribution in [0.5, 0.6) is 0 Å². The quantitative estimate of drug-likeness (QED) is 0.814. The maximum absolute atomic E-state index is 12.1. The Balaban J connectivity index is 1.99. The molecular formula is C16H26N4O2. The van der Waals surface area contributed by atoms with Gasteiger partial charge in [-0.25, -0.2) is 4.79 Å². The number of hydrogen-bond acceptors (Lipinski definition) is 5. The van der Waals surface area contributed by atoms with Crippen molar-refractivity contribution < 1.29 is 9.53 Å². The average Bonchev–Trinajstić information content (AvgIpc) is 2.46. The van der Waals surface area contributed by atoms with Crippen molar-refractivity contribution in [2.75, 3.05) is 36.8 Å². The summed E-state index contributed by atoms with van der Waals surface area (Å²) in [5, 5.41) is 0. The minimum absolute atomic E-state index is 0.254. The number of hydrogen-bond donors (Lipinski definition) is 2. The topological polar surface area (TPSA) is 84.8 Å². The lowest BCUT2D eigenvalue weighted by Crippen LogP contribution is -2.50. The molecule has 6 nitrogen and oxygen atoms in total. The molecule has 0 aromatic heterocycles. The second-order valence-electron chi connectivity index (χ2n) is 6.55. The van der Waals surface area contributed by atoms with Crippen molar-refractivity contribution in [2.45, 2.75) is 32.9 Å². The molecule has 6 heteroatoms. The van der Waals surface area contributed by atoms with E-state index in [1.54, 1.807) is 4.90 Å². The molecule has 1 aromatic carbocycles. The minimum Gasteiger partial charge on any atom is -0.444 e. The first-order valence-corrected chi connectivity index (χ1v) is 7.61. The van der Waals surface area contributed by atoms with E-state index < -0.39 is 5.60 Å². The third kappa shape index (κ3) is 4.04. The number of ether oxygens (including phenoxy) is 1. The zero-order chi connectivity index (χ0) is 16.3. The lowest BCUT2D eigenvalue weighted by molar-refractivity contribution is 0.0240. The summed E-state index contributed by atoms with van der Waals surface area (Å²) in [5.74, 6) is 0. The van der Waals surface area contributed by atoms with Crippen LogP contribution in [0.4, 0.5) is 16.2 Å². The SMILES string of the molecule is CC(C)(C)OC(=O)N1CCN(c2cc(CN)ccc2N)CC1. The summed E-state index contributed by atoms with van der Waals surface area (Å²) in [4.78, 5) is 16.0. The first-order valence-electron chi connectivity index (χ1n) is 7.61. The van der Waals surface area contributed by atoms with Gasteiger partial charge in [0.1, 0.15) is 5.60 Å². The fourth-order valence-electron chi connectivity index (χ4n) is 2.45. The van der Waals surface area contributed by atoms with E-state index in [-0.39, 0.29) is 6.09 Å². The number of piperazine rings is 1. The molecule has 1 aliphatic heterocycles. The first kappa shape index (κ1) is 16.4. The lowest BCUT2D eigenvalue weighted by atomic mass is 10.1. The summed E-state index contributed by atoms with van der Waals surface area (Å²) < 4.78 is 5.41. The first-order chi connectivity index (χ1) is 10.3. The Morgan fingerprint density at radius 1 is 1.23 bits per heavy atom.